The van der Waals surface area contributed by atoms with E-state index in [2.05, 4.69) is 0 Å². The largest absolute Gasteiger partial charge is 0.383 e. The molecular weight excluding hydrogens is 254 g/mol. The minimum absolute atomic E-state index is 0.107. The topological polar surface area (TPSA) is 63.2 Å². The number of halogens is 4. The summed E-state index contributed by atoms with van der Waals surface area (Å²) in [4.78, 5) is 10.5. The molecule has 0 fully saturated rings. The first-order chi connectivity index (χ1) is 7.07. The molecule has 0 saturated carbocycles. The molecule has 4 nitrogen and oxygen atoms in total. The molecule has 0 aromatic heterocycles. The molecule has 0 aromatic rings. The van der Waals surface area contributed by atoms with Crippen molar-refractivity contribution in [1.29, 1.82) is 0 Å². The molecule has 0 radical (unpaired) electrons. The number of nitrogens with one attached hydrogen (secondary N) is 1. The average Bonchev–Trinajstić information content (AvgIpc) is 2.10. The van der Waals surface area contributed by atoms with Gasteiger partial charge < -0.3 is 5.32 Å². The average molecular weight is 265 g/mol. The third kappa shape index (κ3) is 5.29. The fourth-order valence-corrected chi connectivity index (χ4v) is 1.42. The van der Waals surface area contributed by atoms with Crippen LogP contribution < -0.4 is 5.32 Å². The van der Waals surface area contributed by atoms with Crippen LogP contribution in [0.3, 0.4) is 0 Å². The zero-order valence-corrected chi connectivity index (χ0v) is 9.16. The molecule has 0 aliphatic rings. The van der Waals surface area contributed by atoms with Crippen molar-refractivity contribution >= 4 is 15.7 Å². The standard InChI is InChI=1S/C7H11F4NO3S/c1-16(14,15)4-2-3-12-6(13)7(10,11)5(8)9/h5H,2-4H2,1H3,(H,12,13). The maximum absolute atomic E-state index is 12.3. The van der Waals surface area contributed by atoms with Crippen molar-refractivity contribution in [3.63, 3.8) is 0 Å². The molecular formula is C7H11F4NO3S. The molecule has 0 unspecified atom stereocenters. The SMILES string of the molecule is CS(=O)(=O)CCCNC(=O)C(F)(F)C(F)F. The van der Waals surface area contributed by atoms with E-state index >= 15 is 0 Å². The van der Waals surface area contributed by atoms with E-state index in [1.165, 1.54) is 0 Å². The predicted octanol–water partition coefficient (Wildman–Crippen LogP) is 0.438. The number of carbonyl (C=O) groups is 1. The summed E-state index contributed by atoms with van der Waals surface area (Å²) in [5, 5.41) is 1.54. The van der Waals surface area contributed by atoms with Crippen LogP contribution in [0.5, 0.6) is 0 Å². The van der Waals surface area contributed by atoms with Gasteiger partial charge in [0.2, 0.25) is 0 Å². The molecule has 0 aliphatic heterocycles. The van der Waals surface area contributed by atoms with Crippen LogP contribution in [0.4, 0.5) is 17.6 Å². The molecule has 0 atom stereocenters. The highest BCUT2D eigenvalue weighted by atomic mass is 32.2. The maximum atomic E-state index is 12.3. The number of hydrogen-bond acceptors (Lipinski definition) is 3. The zero-order chi connectivity index (χ0) is 13.0. The lowest BCUT2D eigenvalue weighted by atomic mass is 10.3. The molecule has 0 spiro atoms. The van der Waals surface area contributed by atoms with E-state index in [-0.39, 0.29) is 12.2 Å². The second-order valence-electron chi connectivity index (χ2n) is 3.16. The first-order valence-corrected chi connectivity index (χ1v) is 6.25. The Morgan fingerprint density at radius 1 is 1.38 bits per heavy atom. The second-order valence-corrected chi connectivity index (χ2v) is 5.42. The van der Waals surface area contributed by atoms with Crippen LogP contribution >= 0.6 is 0 Å². The lowest BCUT2D eigenvalue weighted by Crippen LogP contribution is -2.45. The van der Waals surface area contributed by atoms with Crippen molar-refractivity contribution in [3.8, 4) is 0 Å². The molecule has 0 rings (SSSR count). The summed E-state index contributed by atoms with van der Waals surface area (Å²) >= 11 is 0. The Bertz CT molecular complexity index is 342. The zero-order valence-electron chi connectivity index (χ0n) is 8.34. The first-order valence-electron chi connectivity index (χ1n) is 4.19. The summed E-state index contributed by atoms with van der Waals surface area (Å²) in [7, 11) is -3.26. The van der Waals surface area contributed by atoms with Gasteiger partial charge in [-0.25, -0.2) is 17.2 Å². The summed E-state index contributed by atoms with van der Waals surface area (Å²) in [5.41, 5.74) is 0. The number of carbonyl (C=O) groups excluding carboxylic acids is 1. The van der Waals surface area contributed by atoms with Gasteiger partial charge in [0.25, 0.3) is 5.91 Å². The fraction of sp³-hybridized carbons (Fsp3) is 0.857. The molecule has 0 heterocycles. The quantitative estimate of drug-likeness (QED) is 0.560. The Morgan fingerprint density at radius 3 is 2.25 bits per heavy atom. The molecule has 16 heavy (non-hydrogen) atoms. The summed E-state index contributed by atoms with van der Waals surface area (Å²) < 4.78 is 69.2. The van der Waals surface area contributed by atoms with Crippen LogP contribution in [-0.4, -0.2) is 45.2 Å². The van der Waals surface area contributed by atoms with Crippen molar-refractivity contribution in [1.82, 2.24) is 5.32 Å². The third-order valence-electron chi connectivity index (χ3n) is 1.55. The highest BCUT2D eigenvalue weighted by Crippen LogP contribution is 2.22. The number of amides is 1. The van der Waals surface area contributed by atoms with Gasteiger partial charge in [0.1, 0.15) is 9.84 Å². The Balaban J connectivity index is 4.01. The van der Waals surface area contributed by atoms with E-state index in [4.69, 9.17) is 0 Å². The summed E-state index contributed by atoms with van der Waals surface area (Å²) in [6.45, 7) is -0.395. The van der Waals surface area contributed by atoms with Crippen LogP contribution in [0.2, 0.25) is 0 Å². The van der Waals surface area contributed by atoms with E-state index in [1.54, 1.807) is 5.32 Å². The van der Waals surface area contributed by atoms with E-state index in [0.29, 0.717) is 0 Å². The molecule has 0 saturated heterocycles. The molecule has 0 aromatic carbocycles. The number of hydrogen-bond donors (Lipinski definition) is 1. The van der Waals surface area contributed by atoms with Crippen LogP contribution in [0, 0.1) is 0 Å². The van der Waals surface area contributed by atoms with Gasteiger partial charge in [0, 0.05) is 12.8 Å². The maximum Gasteiger partial charge on any atom is 0.383 e. The Labute approximate surface area is 89.9 Å². The van der Waals surface area contributed by atoms with Gasteiger partial charge in [-0.1, -0.05) is 0 Å². The first kappa shape index (κ1) is 15.1. The smallest absolute Gasteiger partial charge is 0.351 e. The molecule has 0 bridgehead atoms. The number of rotatable bonds is 6. The van der Waals surface area contributed by atoms with Gasteiger partial charge in [0.15, 0.2) is 0 Å². The van der Waals surface area contributed by atoms with Crippen LogP contribution in [0.15, 0.2) is 0 Å². The monoisotopic (exact) mass is 265 g/mol. The number of alkyl halides is 4. The van der Waals surface area contributed by atoms with E-state index in [9.17, 15) is 30.8 Å². The van der Waals surface area contributed by atoms with Gasteiger partial charge in [0.05, 0.1) is 5.75 Å². The van der Waals surface area contributed by atoms with E-state index in [1.807, 2.05) is 0 Å². The second kappa shape index (κ2) is 5.46. The summed E-state index contributed by atoms with van der Waals surface area (Å²) in [6, 6.07) is 0. The lowest BCUT2D eigenvalue weighted by Gasteiger charge is -2.14. The summed E-state index contributed by atoms with van der Waals surface area (Å²) in [5.74, 6) is -7.16. The van der Waals surface area contributed by atoms with Gasteiger partial charge in [-0.15, -0.1) is 0 Å². The predicted molar refractivity (Wildman–Crippen MR) is 48.3 cm³/mol. The molecule has 96 valence electrons. The normalized spacial score (nSPS) is 12.9. The highest BCUT2D eigenvalue weighted by Gasteiger charge is 2.48. The Morgan fingerprint density at radius 2 is 1.88 bits per heavy atom. The fourth-order valence-electron chi connectivity index (χ4n) is 0.753. The van der Waals surface area contributed by atoms with Gasteiger partial charge >= 0.3 is 12.3 Å². The molecule has 1 N–H and O–H groups in total. The van der Waals surface area contributed by atoms with Crippen molar-refractivity contribution < 1.29 is 30.8 Å². The van der Waals surface area contributed by atoms with Crippen LogP contribution in [-0.2, 0) is 14.6 Å². The molecule has 0 aliphatic carbocycles. The summed E-state index contributed by atoms with van der Waals surface area (Å²) in [6.07, 6.45) is -3.26. The minimum Gasteiger partial charge on any atom is -0.351 e. The van der Waals surface area contributed by atoms with Gasteiger partial charge in [-0.3, -0.25) is 4.79 Å². The van der Waals surface area contributed by atoms with Crippen molar-refractivity contribution in [2.24, 2.45) is 0 Å². The Hall–Kier alpha value is -0.860. The third-order valence-corrected chi connectivity index (χ3v) is 2.58. The van der Waals surface area contributed by atoms with E-state index < -0.39 is 34.6 Å². The van der Waals surface area contributed by atoms with E-state index in [0.717, 1.165) is 6.26 Å². The molecule has 9 heteroatoms. The van der Waals surface area contributed by atoms with Crippen molar-refractivity contribution in [3.05, 3.63) is 0 Å². The van der Waals surface area contributed by atoms with Gasteiger partial charge in [-0.2, -0.15) is 8.78 Å². The number of sulfone groups is 1. The minimum atomic E-state index is -4.74. The molecule has 1 amide bonds. The Kier molecular flexibility index (Phi) is 5.17. The van der Waals surface area contributed by atoms with Gasteiger partial charge in [-0.05, 0) is 6.42 Å². The highest BCUT2D eigenvalue weighted by molar-refractivity contribution is 7.90. The van der Waals surface area contributed by atoms with Crippen LogP contribution in [0.25, 0.3) is 0 Å². The lowest BCUT2D eigenvalue weighted by molar-refractivity contribution is -0.169. The van der Waals surface area contributed by atoms with Crippen LogP contribution in [0.1, 0.15) is 6.42 Å². The van der Waals surface area contributed by atoms with Crippen molar-refractivity contribution in [2.45, 2.75) is 18.8 Å². The van der Waals surface area contributed by atoms with Crippen molar-refractivity contribution in [2.75, 3.05) is 18.6 Å².